The van der Waals surface area contributed by atoms with Crippen LogP contribution in [0.2, 0.25) is 0 Å². The van der Waals surface area contributed by atoms with Gasteiger partial charge in [0.25, 0.3) is 6.01 Å². The van der Waals surface area contributed by atoms with Gasteiger partial charge in [0.15, 0.2) is 0 Å². The summed E-state index contributed by atoms with van der Waals surface area (Å²) in [6.07, 6.45) is 2.89. The van der Waals surface area contributed by atoms with Crippen LogP contribution in [-0.2, 0) is 11.3 Å². The van der Waals surface area contributed by atoms with Gasteiger partial charge in [-0.2, -0.15) is 4.98 Å². The fourth-order valence-corrected chi connectivity index (χ4v) is 2.26. The Balaban J connectivity index is 1.87. The third-order valence-corrected chi connectivity index (χ3v) is 3.30. The molecular weight excluding hydrogens is 242 g/mol. The summed E-state index contributed by atoms with van der Waals surface area (Å²) in [6, 6.07) is 0.740. The topological polar surface area (TPSA) is 50.5 Å². The van der Waals surface area contributed by atoms with Crippen LogP contribution < -0.4 is 10.2 Å². The zero-order valence-corrected chi connectivity index (χ0v) is 12.4. The van der Waals surface area contributed by atoms with Gasteiger partial charge in [-0.3, -0.25) is 0 Å². The molecular formula is C14H25N3O2. The first kappa shape index (κ1) is 14.3. The number of anilines is 1. The van der Waals surface area contributed by atoms with Crippen LogP contribution in [0.1, 0.15) is 32.9 Å². The molecule has 108 valence electrons. The predicted octanol–water partition coefficient (Wildman–Crippen LogP) is 2.04. The van der Waals surface area contributed by atoms with Gasteiger partial charge in [0.1, 0.15) is 6.26 Å². The first-order chi connectivity index (χ1) is 8.98. The van der Waals surface area contributed by atoms with Crippen molar-refractivity contribution >= 4 is 6.01 Å². The van der Waals surface area contributed by atoms with Gasteiger partial charge in [-0.25, -0.2) is 0 Å². The van der Waals surface area contributed by atoms with Crippen LogP contribution in [0, 0.1) is 5.92 Å². The molecule has 19 heavy (non-hydrogen) atoms. The molecule has 1 N–H and O–H groups in total. The minimum Gasteiger partial charge on any atom is -0.432 e. The number of nitrogens with one attached hydrogen (secondary N) is 1. The molecule has 1 aromatic heterocycles. The maximum atomic E-state index is 5.57. The molecule has 1 unspecified atom stereocenters. The predicted molar refractivity (Wildman–Crippen MR) is 75.3 cm³/mol. The summed E-state index contributed by atoms with van der Waals surface area (Å²) in [5.74, 6) is 0.591. The lowest BCUT2D eigenvalue weighted by Crippen LogP contribution is -2.35. The Morgan fingerprint density at radius 3 is 3.00 bits per heavy atom. The normalized spacial score (nSPS) is 20.2. The molecule has 1 saturated heterocycles. The molecule has 2 rings (SSSR count). The maximum Gasteiger partial charge on any atom is 0.297 e. The molecule has 1 fully saturated rings. The van der Waals surface area contributed by atoms with Crippen LogP contribution in [0.4, 0.5) is 6.01 Å². The van der Waals surface area contributed by atoms with Crippen LogP contribution >= 0.6 is 0 Å². The molecule has 0 aromatic carbocycles. The highest BCUT2D eigenvalue weighted by atomic mass is 16.5. The van der Waals surface area contributed by atoms with E-state index in [1.807, 2.05) is 0 Å². The van der Waals surface area contributed by atoms with Gasteiger partial charge in [-0.1, -0.05) is 0 Å². The number of nitrogens with zero attached hydrogens (tertiary/aromatic N) is 2. The van der Waals surface area contributed by atoms with Crippen molar-refractivity contribution in [3.63, 3.8) is 0 Å². The van der Waals surface area contributed by atoms with Crippen LogP contribution in [-0.4, -0.2) is 37.3 Å². The zero-order chi connectivity index (χ0) is 13.9. The summed E-state index contributed by atoms with van der Waals surface area (Å²) >= 11 is 0. The number of hydrogen-bond donors (Lipinski definition) is 1. The van der Waals surface area contributed by atoms with Crippen LogP contribution in [0.5, 0.6) is 0 Å². The molecule has 5 heteroatoms. The largest absolute Gasteiger partial charge is 0.432 e. The molecule has 0 spiro atoms. The Morgan fingerprint density at radius 1 is 1.53 bits per heavy atom. The van der Waals surface area contributed by atoms with Crippen molar-refractivity contribution in [3.8, 4) is 0 Å². The van der Waals surface area contributed by atoms with E-state index in [9.17, 15) is 0 Å². The van der Waals surface area contributed by atoms with E-state index in [1.165, 1.54) is 0 Å². The Bertz CT molecular complexity index is 398. The summed E-state index contributed by atoms with van der Waals surface area (Å²) in [7, 11) is 1.75. The average Bonchev–Trinajstić information content (AvgIpc) is 2.93. The van der Waals surface area contributed by atoms with Gasteiger partial charge in [-0.15, -0.1) is 0 Å². The van der Waals surface area contributed by atoms with Crippen molar-refractivity contribution in [3.05, 3.63) is 12.0 Å². The van der Waals surface area contributed by atoms with E-state index in [0.29, 0.717) is 5.92 Å². The minimum atomic E-state index is 0.0936. The number of hydrogen-bond acceptors (Lipinski definition) is 5. The maximum absolute atomic E-state index is 5.57. The van der Waals surface area contributed by atoms with Crippen molar-refractivity contribution in [2.75, 3.05) is 31.7 Å². The first-order valence-corrected chi connectivity index (χ1v) is 6.91. The number of oxazole rings is 1. The summed E-state index contributed by atoms with van der Waals surface area (Å²) in [5, 5.41) is 3.41. The van der Waals surface area contributed by atoms with E-state index >= 15 is 0 Å². The van der Waals surface area contributed by atoms with E-state index in [0.717, 1.165) is 44.4 Å². The molecule has 0 radical (unpaired) electrons. The molecule has 5 nitrogen and oxygen atoms in total. The van der Waals surface area contributed by atoms with Gasteiger partial charge in [-0.05, 0) is 27.2 Å². The summed E-state index contributed by atoms with van der Waals surface area (Å²) < 4.78 is 10.8. The minimum absolute atomic E-state index is 0.0936. The number of ether oxygens (including phenoxy) is 1. The average molecular weight is 267 g/mol. The fourth-order valence-electron chi connectivity index (χ4n) is 2.26. The van der Waals surface area contributed by atoms with Crippen molar-refractivity contribution in [1.82, 2.24) is 10.3 Å². The SMILES string of the molecule is COCC1CCN(c2nc(CNC(C)(C)C)co2)C1. The van der Waals surface area contributed by atoms with E-state index in [-0.39, 0.29) is 5.54 Å². The second-order valence-corrected chi connectivity index (χ2v) is 6.28. The lowest BCUT2D eigenvalue weighted by molar-refractivity contribution is 0.160. The molecule has 0 saturated carbocycles. The van der Waals surface area contributed by atoms with Crippen molar-refractivity contribution in [2.24, 2.45) is 5.92 Å². The van der Waals surface area contributed by atoms with Crippen LogP contribution in [0.3, 0.4) is 0 Å². The van der Waals surface area contributed by atoms with Gasteiger partial charge in [0.2, 0.25) is 0 Å². The van der Waals surface area contributed by atoms with Gasteiger partial charge >= 0.3 is 0 Å². The van der Waals surface area contributed by atoms with Gasteiger partial charge < -0.3 is 19.4 Å². The number of methoxy groups -OCH3 is 1. The van der Waals surface area contributed by atoms with E-state index in [2.05, 4.69) is 36.0 Å². The van der Waals surface area contributed by atoms with Gasteiger partial charge in [0.05, 0.1) is 12.3 Å². The second-order valence-electron chi connectivity index (χ2n) is 6.28. The lowest BCUT2D eigenvalue weighted by atomic mass is 10.1. The molecule has 0 bridgehead atoms. The zero-order valence-electron chi connectivity index (χ0n) is 12.4. The van der Waals surface area contributed by atoms with E-state index in [4.69, 9.17) is 9.15 Å². The summed E-state index contributed by atoms with van der Waals surface area (Å²) in [4.78, 5) is 6.74. The molecule has 0 aliphatic carbocycles. The highest BCUT2D eigenvalue weighted by Crippen LogP contribution is 2.23. The lowest BCUT2D eigenvalue weighted by Gasteiger charge is -2.19. The van der Waals surface area contributed by atoms with Crippen LogP contribution in [0.15, 0.2) is 10.7 Å². The third kappa shape index (κ3) is 4.21. The highest BCUT2D eigenvalue weighted by molar-refractivity contribution is 5.29. The van der Waals surface area contributed by atoms with E-state index < -0.39 is 0 Å². The van der Waals surface area contributed by atoms with Crippen molar-refractivity contribution < 1.29 is 9.15 Å². The van der Waals surface area contributed by atoms with Gasteiger partial charge in [0, 0.05) is 38.2 Å². The Hall–Kier alpha value is -1.07. The third-order valence-electron chi connectivity index (χ3n) is 3.30. The number of aromatic nitrogens is 1. The molecule has 1 atom stereocenters. The van der Waals surface area contributed by atoms with Crippen LogP contribution in [0.25, 0.3) is 0 Å². The van der Waals surface area contributed by atoms with Crippen molar-refractivity contribution in [2.45, 2.75) is 39.3 Å². The molecule has 2 heterocycles. The highest BCUT2D eigenvalue weighted by Gasteiger charge is 2.25. The Morgan fingerprint density at radius 2 is 2.32 bits per heavy atom. The Labute approximate surface area is 115 Å². The van der Waals surface area contributed by atoms with Crippen molar-refractivity contribution in [1.29, 1.82) is 0 Å². The fraction of sp³-hybridized carbons (Fsp3) is 0.786. The first-order valence-electron chi connectivity index (χ1n) is 6.91. The smallest absolute Gasteiger partial charge is 0.297 e. The monoisotopic (exact) mass is 267 g/mol. The molecule has 1 aliphatic rings. The van der Waals surface area contributed by atoms with E-state index in [1.54, 1.807) is 13.4 Å². The summed E-state index contributed by atoms with van der Waals surface area (Å²) in [6.45, 7) is 9.95. The molecule has 0 amide bonds. The summed E-state index contributed by atoms with van der Waals surface area (Å²) in [5.41, 5.74) is 1.05. The Kier molecular flexibility index (Phi) is 4.47. The molecule has 1 aromatic rings. The second kappa shape index (κ2) is 5.92. The standard InChI is InChI=1S/C14H25N3O2/c1-14(2,3)15-7-12-10-19-13(16-12)17-6-5-11(8-17)9-18-4/h10-11,15H,5-9H2,1-4H3. The number of rotatable bonds is 5. The quantitative estimate of drug-likeness (QED) is 0.884. The molecule has 1 aliphatic heterocycles.